The van der Waals surface area contributed by atoms with Crippen molar-refractivity contribution in [3.8, 4) is 0 Å². The molecule has 0 amide bonds. The van der Waals surface area contributed by atoms with Gasteiger partial charge in [-0.2, -0.15) is 0 Å². The van der Waals surface area contributed by atoms with E-state index >= 15 is 0 Å². The Balaban J connectivity index is 3.30. The zero-order chi connectivity index (χ0) is 7.11. The van der Waals surface area contributed by atoms with Gasteiger partial charge in [0, 0.05) is 6.54 Å². The quantitative estimate of drug-likeness (QED) is 0.372. The minimum absolute atomic E-state index is 0.945. The van der Waals surface area contributed by atoms with Crippen LogP contribution in [0, 0.1) is 0 Å². The lowest BCUT2D eigenvalue weighted by Gasteiger charge is -1.95. The number of rotatable bonds is 3. The highest BCUT2D eigenvalue weighted by atomic mass is 32.2. The van der Waals surface area contributed by atoms with Crippen LogP contribution in [0.25, 0.3) is 0 Å². The first-order chi connectivity index (χ1) is 4.31. The molecule has 0 saturated heterocycles. The zero-order valence-electron chi connectivity index (χ0n) is 6.27. The summed E-state index contributed by atoms with van der Waals surface area (Å²) >= 11 is 1.57. The lowest BCUT2D eigenvalue weighted by atomic mass is 10.5. The van der Waals surface area contributed by atoms with E-state index in [2.05, 4.69) is 16.6 Å². The molecule has 54 valence electrons. The summed E-state index contributed by atoms with van der Waals surface area (Å²) in [4.78, 5) is 4.25. The van der Waals surface area contributed by atoms with Crippen molar-refractivity contribution in [2.45, 2.75) is 20.3 Å². The fraction of sp³-hybridized carbons (Fsp3) is 0.833. The average Bonchev–Trinajstić information content (AvgIpc) is 1.85. The molecule has 1 N–H and O–H groups in total. The van der Waals surface area contributed by atoms with Gasteiger partial charge in [0.15, 0.2) is 0 Å². The normalized spacial score (nSPS) is 12.1. The number of nitrogens with one attached hydrogen (secondary N) is 1. The lowest BCUT2D eigenvalue weighted by Crippen LogP contribution is -1.97. The summed E-state index contributed by atoms with van der Waals surface area (Å²) in [6.45, 7) is 5.08. The van der Waals surface area contributed by atoms with Gasteiger partial charge in [0.25, 0.3) is 0 Å². The zero-order valence-corrected chi connectivity index (χ0v) is 7.09. The van der Waals surface area contributed by atoms with Gasteiger partial charge in [0.1, 0.15) is 0 Å². The fourth-order valence-corrected chi connectivity index (χ4v) is 0.900. The van der Waals surface area contributed by atoms with Gasteiger partial charge < -0.3 is 0 Å². The van der Waals surface area contributed by atoms with Gasteiger partial charge in [-0.1, -0.05) is 6.92 Å². The maximum atomic E-state index is 4.25. The number of aliphatic imine (C=N–C) groups is 1. The van der Waals surface area contributed by atoms with Gasteiger partial charge in [-0.3, -0.25) is 9.71 Å². The Bertz CT molecular complexity index is 91.1. The molecule has 0 aliphatic rings. The van der Waals surface area contributed by atoms with Crippen molar-refractivity contribution in [2.24, 2.45) is 4.99 Å². The molecule has 0 saturated carbocycles. The summed E-state index contributed by atoms with van der Waals surface area (Å²) in [5.74, 6) is 0. The van der Waals surface area contributed by atoms with Crippen molar-refractivity contribution in [3.05, 3.63) is 0 Å². The molecule has 3 heteroatoms. The molecule has 0 bridgehead atoms. The third-order valence-electron chi connectivity index (χ3n) is 0.808. The van der Waals surface area contributed by atoms with Gasteiger partial charge in [0.2, 0.25) is 0 Å². The molecular weight excluding hydrogens is 132 g/mol. The van der Waals surface area contributed by atoms with Crippen LogP contribution in [0.1, 0.15) is 20.3 Å². The Kier molecular flexibility index (Phi) is 6.09. The molecule has 0 heterocycles. The van der Waals surface area contributed by atoms with E-state index in [0.717, 1.165) is 18.0 Å². The van der Waals surface area contributed by atoms with Crippen LogP contribution in [0.15, 0.2) is 4.99 Å². The van der Waals surface area contributed by atoms with Gasteiger partial charge in [-0.05, 0) is 32.3 Å². The summed E-state index contributed by atoms with van der Waals surface area (Å²) in [7, 11) is 1.90. The highest BCUT2D eigenvalue weighted by Gasteiger charge is 1.85. The van der Waals surface area contributed by atoms with Crippen molar-refractivity contribution >= 4 is 17.0 Å². The van der Waals surface area contributed by atoms with Crippen molar-refractivity contribution in [2.75, 3.05) is 13.6 Å². The topological polar surface area (TPSA) is 24.4 Å². The standard InChI is InChI=1S/C6H14N2S/c1-4-5-8-6(2)9-7-3/h7H,4-5H2,1-3H3. The molecule has 0 rings (SSSR count). The molecule has 0 aromatic rings. The Labute approximate surface area is 61.3 Å². The number of nitrogens with zero attached hydrogens (tertiary/aromatic N) is 1. The molecule has 0 atom stereocenters. The fourth-order valence-electron chi connectivity index (χ4n) is 0.449. The van der Waals surface area contributed by atoms with Gasteiger partial charge in [-0.15, -0.1) is 0 Å². The van der Waals surface area contributed by atoms with Gasteiger partial charge >= 0.3 is 0 Å². The summed E-state index contributed by atoms with van der Waals surface area (Å²) in [5, 5.41) is 1.11. The molecule has 0 radical (unpaired) electrons. The average molecular weight is 146 g/mol. The second-order valence-electron chi connectivity index (χ2n) is 1.71. The van der Waals surface area contributed by atoms with E-state index in [1.54, 1.807) is 11.9 Å². The first kappa shape index (κ1) is 8.98. The molecular formula is C6H14N2S. The molecule has 0 unspecified atom stereocenters. The summed E-state index contributed by atoms with van der Waals surface area (Å²) in [5.41, 5.74) is 0. The SMILES string of the molecule is CCCN=C(C)SNC. The van der Waals surface area contributed by atoms with Crippen LogP contribution in [0.3, 0.4) is 0 Å². The van der Waals surface area contributed by atoms with Gasteiger partial charge in [-0.25, -0.2) is 0 Å². The molecule has 0 fully saturated rings. The highest BCUT2D eigenvalue weighted by molar-refractivity contribution is 8.12. The monoisotopic (exact) mass is 146 g/mol. The summed E-state index contributed by atoms with van der Waals surface area (Å²) < 4.78 is 2.96. The van der Waals surface area contributed by atoms with E-state index in [1.807, 2.05) is 14.0 Å². The Morgan fingerprint density at radius 1 is 1.67 bits per heavy atom. The molecule has 0 aromatic heterocycles. The van der Waals surface area contributed by atoms with E-state index in [9.17, 15) is 0 Å². The number of hydrogen-bond donors (Lipinski definition) is 1. The smallest absolute Gasteiger partial charge is 0.0795 e. The number of hydrogen-bond acceptors (Lipinski definition) is 3. The minimum atomic E-state index is 0.945. The van der Waals surface area contributed by atoms with Crippen LogP contribution in [0.2, 0.25) is 0 Å². The predicted octanol–water partition coefficient (Wildman–Crippen LogP) is 1.68. The van der Waals surface area contributed by atoms with Crippen LogP contribution < -0.4 is 4.72 Å². The van der Waals surface area contributed by atoms with Crippen LogP contribution in [-0.2, 0) is 0 Å². The molecule has 0 aliphatic heterocycles. The Morgan fingerprint density at radius 3 is 2.78 bits per heavy atom. The van der Waals surface area contributed by atoms with E-state index < -0.39 is 0 Å². The first-order valence-corrected chi connectivity index (χ1v) is 3.97. The van der Waals surface area contributed by atoms with Crippen molar-refractivity contribution < 1.29 is 0 Å². The molecule has 0 spiro atoms. The van der Waals surface area contributed by atoms with Crippen molar-refractivity contribution in [1.82, 2.24) is 4.72 Å². The summed E-state index contributed by atoms with van der Waals surface area (Å²) in [6.07, 6.45) is 1.13. The maximum Gasteiger partial charge on any atom is 0.0795 e. The Morgan fingerprint density at radius 2 is 2.33 bits per heavy atom. The highest BCUT2D eigenvalue weighted by Crippen LogP contribution is 1.95. The van der Waals surface area contributed by atoms with Crippen molar-refractivity contribution in [1.29, 1.82) is 0 Å². The van der Waals surface area contributed by atoms with Crippen LogP contribution in [0.5, 0.6) is 0 Å². The predicted molar refractivity (Wildman–Crippen MR) is 44.9 cm³/mol. The second kappa shape index (κ2) is 6.11. The largest absolute Gasteiger partial charge is 0.282 e. The van der Waals surface area contributed by atoms with E-state index in [0.29, 0.717) is 0 Å². The van der Waals surface area contributed by atoms with E-state index in [-0.39, 0.29) is 0 Å². The maximum absolute atomic E-state index is 4.25. The molecule has 9 heavy (non-hydrogen) atoms. The van der Waals surface area contributed by atoms with Crippen molar-refractivity contribution in [3.63, 3.8) is 0 Å². The van der Waals surface area contributed by atoms with Crippen LogP contribution >= 0.6 is 11.9 Å². The van der Waals surface area contributed by atoms with E-state index in [4.69, 9.17) is 0 Å². The molecule has 2 nitrogen and oxygen atoms in total. The molecule has 0 aromatic carbocycles. The third kappa shape index (κ3) is 5.86. The summed E-state index contributed by atoms with van der Waals surface area (Å²) in [6, 6.07) is 0. The van der Waals surface area contributed by atoms with Gasteiger partial charge in [0.05, 0.1) is 5.04 Å². The second-order valence-corrected chi connectivity index (χ2v) is 2.91. The first-order valence-electron chi connectivity index (χ1n) is 3.16. The third-order valence-corrected chi connectivity index (χ3v) is 1.44. The lowest BCUT2D eigenvalue weighted by molar-refractivity contribution is 0.934. The Hall–Kier alpha value is -0.0200. The molecule has 0 aliphatic carbocycles. The van der Waals surface area contributed by atoms with E-state index in [1.165, 1.54) is 0 Å². The van der Waals surface area contributed by atoms with Crippen LogP contribution in [-0.4, -0.2) is 18.6 Å². The van der Waals surface area contributed by atoms with Crippen LogP contribution in [0.4, 0.5) is 0 Å². The minimum Gasteiger partial charge on any atom is -0.282 e.